The Hall–Kier alpha value is -0.930. The molecule has 0 rings (SSSR count). The number of aliphatic hydroxyl groups is 1. The van der Waals surface area contributed by atoms with Gasteiger partial charge in [-0.05, 0) is 62.8 Å². The number of unbranched alkanes of at least 4 members (excludes halogenated alkanes) is 1. The maximum absolute atomic E-state index is 8.71. The van der Waals surface area contributed by atoms with E-state index in [0.29, 0.717) is 0 Å². The first-order valence-corrected chi connectivity index (χ1v) is 6.36. The zero-order valence-electron chi connectivity index (χ0n) is 11.0. The Labute approximate surface area is 110 Å². The van der Waals surface area contributed by atoms with Gasteiger partial charge in [0.25, 0.3) is 0 Å². The molecule has 0 aromatic carbocycles. The molecule has 0 aromatic heterocycles. The molecule has 0 aliphatic rings. The summed E-state index contributed by atoms with van der Waals surface area (Å²) in [6.07, 6.45) is 6.57. The average molecular weight is 253 g/mol. The molecule has 0 radical (unpaired) electrons. The molecular formula is C14H23NOS. The lowest BCUT2D eigenvalue weighted by molar-refractivity contribution is 0.284. The third-order valence-electron chi connectivity index (χ3n) is 2.73. The largest absolute Gasteiger partial charge is 0.402 e. The van der Waals surface area contributed by atoms with Gasteiger partial charge in [-0.2, -0.15) is 0 Å². The zero-order chi connectivity index (χ0) is 13.3. The van der Waals surface area contributed by atoms with Crippen LogP contribution in [0.1, 0.15) is 40.0 Å². The van der Waals surface area contributed by atoms with E-state index in [0.717, 1.165) is 36.1 Å². The molecular weight excluding hydrogens is 230 g/mol. The molecule has 3 heteroatoms. The van der Waals surface area contributed by atoms with Crippen LogP contribution in [0.15, 0.2) is 34.6 Å². The molecule has 0 aliphatic carbocycles. The van der Waals surface area contributed by atoms with E-state index in [9.17, 15) is 0 Å². The Morgan fingerprint density at radius 2 is 1.82 bits per heavy atom. The van der Waals surface area contributed by atoms with Crippen molar-refractivity contribution >= 4 is 17.6 Å². The first-order chi connectivity index (χ1) is 8.02. The van der Waals surface area contributed by atoms with Gasteiger partial charge in [0.2, 0.25) is 0 Å². The molecule has 0 atom stereocenters. The topological polar surface area (TPSA) is 46.2 Å². The Morgan fingerprint density at radius 3 is 2.35 bits per heavy atom. The molecule has 3 N–H and O–H groups in total. The van der Waals surface area contributed by atoms with Crippen LogP contribution < -0.4 is 5.73 Å². The first kappa shape index (κ1) is 16.1. The highest BCUT2D eigenvalue weighted by Crippen LogP contribution is 2.14. The summed E-state index contributed by atoms with van der Waals surface area (Å²) < 4.78 is 0. The van der Waals surface area contributed by atoms with Gasteiger partial charge >= 0.3 is 0 Å². The lowest BCUT2D eigenvalue weighted by atomic mass is 10.0. The van der Waals surface area contributed by atoms with Crippen LogP contribution in [0, 0.1) is 0 Å². The summed E-state index contributed by atoms with van der Waals surface area (Å²) in [4.78, 5) is 0. The average Bonchev–Trinajstić information content (AvgIpc) is 2.29. The molecule has 0 heterocycles. The normalized spacial score (nSPS) is 14.6. The molecule has 2 nitrogen and oxygen atoms in total. The van der Waals surface area contributed by atoms with E-state index in [1.54, 1.807) is 5.37 Å². The predicted octanol–water partition coefficient (Wildman–Crippen LogP) is 3.27. The number of hydrogen-bond donors (Lipinski definition) is 2. The van der Waals surface area contributed by atoms with E-state index in [2.05, 4.69) is 13.0 Å². The van der Waals surface area contributed by atoms with Gasteiger partial charge in [-0.15, -0.1) is 0 Å². The summed E-state index contributed by atoms with van der Waals surface area (Å²) in [6, 6.07) is 0. The van der Waals surface area contributed by atoms with Gasteiger partial charge in [-0.25, -0.2) is 0 Å². The van der Waals surface area contributed by atoms with E-state index in [1.807, 2.05) is 19.9 Å². The van der Waals surface area contributed by atoms with Crippen LogP contribution in [0.3, 0.4) is 0 Å². The van der Waals surface area contributed by atoms with Crippen LogP contribution in [-0.2, 0) is 0 Å². The van der Waals surface area contributed by atoms with Crippen LogP contribution >= 0.6 is 12.2 Å². The smallest absolute Gasteiger partial charge is 0.0431 e. The second-order valence-corrected chi connectivity index (χ2v) is 4.47. The van der Waals surface area contributed by atoms with Crippen LogP contribution in [0.4, 0.5) is 0 Å². The van der Waals surface area contributed by atoms with Gasteiger partial charge < -0.3 is 10.8 Å². The fourth-order valence-electron chi connectivity index (χ4n) is 1.39. The fraction of sp³-hybridized carbons (Fsp3) is 0.500. The standard InChI is InChI=1S/C14H23NOS/c1-11(7-9-17)12(2)10-13(3)14(15)6-4-5-8-16/h7,9-10,16H,4-6,8,15H2,1-3H3. The Balaban J connectivity index is 4.62. The molecule has 0 saturated heterocycles. The maximum Gasteiger partial charge on any atom is 0.0431 e. The van der Waals surface area contributed by atoms with Crippen molar-refractivity contribution in [2.45, 2.75) is 40.0 Å². The van der Waals surface area contributed by atoms with Gasteiger partial charge in [0, 0.05) is 17.7 Å². The molecule has 0 aliphatic heterocycles. The van der Waals surface area contributed by atoms with Crippen LogP contribution in [0.2, 0.25) is 0 Å². The van der Waals surface area contributed by atoms with Gasteiger partial charge in [-0.1, -0.05) is 18.3 Å². The van der Waals surface area contributed by atoms with Crippen LogP contribution in [0.25, 0.3) is 0 Å². The van der Waals surface area contributed by atoms with E-state index >= 15 is 0 Å². The summed E-state index contributed by atoms with van der Waals surface area (Å²) in [7, 11) is 0. The number of allylic oxidation sites excluding steroid dienone is 6. The minimum Gasteiger partial charge on any atom is -0.402 e. The third-order valence-corrected chi connectivity index (χ3v) is 2.87. The maximum atomic E-state index is 8.71. The summed E-state index contributed by atoms with van der Waals surface area (Å²) in [5, 5.41) is 10.3. The van der Waals surface area contributed by atoms with Gasteiger partial charge in [0.05, 0.1) is 0 Å². The van der Waals surface area contributed by atoms with Crippen molar-refractivity contribution in [3.05, 3.63) is 34.6 Å². The highest BCUT2D eigenvalue weighted by atomic mass is 32.1. The number of nitrogens with two attached hydrogens (primary N) is 1. The molecule has 0 bridgehead atoms. The second-order valence-electron chi connectivity index (χ2n) is 4.20. The van der Waals surface area contributed by atoms with Gasteiger partial charge in [0.1, 0.15) is 0 Å². The van der Waals surface area contributed by atoms with E-state index in [1.165, 1.54) is 5.57 Å². The fourth-order valence-corrected chi connectivity index (χ4v) is 1.59. The number of aliphatic hydroxyl groups excluding tert-OH is 1. The highest BCUT2D eigenvalue weighted by molar-refractivity contribution is 7.79. The van der Waals surface area contributed by atoms with Crippen LogP contribution in [0.5, 0.6) is 0 Å². The van der Waals surface area contributed by atoms with Crippen molar-refractivity contribution in [2.24, 2.45) is 5.73 Å². The zero-order valence-corrected chi connectivity index (χ0v) is 11.8. The first-order valence-electron chi connectivity index (χ1n) is 5.89. The minimum absolute atomic E-state index is 0.234. The monoisotopic (exact) mass is 253 g/mol. The quantitative estimate of drug-likeness (QED) is 0.317. The van der Waals surface area contributed by atoms with E-state index in [4.69, 9.17) is 23.1 Å². The number of thiocarbonyl (C=S) groups is 1. The van der Waals surface area contributed by atoms with Crippen molar-refractivity contribution in [2.75, 3.05) is 6.61 Å². The molecule has 0 spiro atoms. The lowest BCUT2D eigenvalue weighted by Crippen LogP contribution is -2.01. The number of hydrogen-bond acceptors (Lipinski definition) is 3. The summed E-state index contributed by atoms with van der Waals surface area (Å²) in [6.45, 7) is 6.33. The lowest BCUT2D eigenvalue weighted by Gasteiger charge is -2.06. The Bertz CT molecular complexity index is 340. The second kappa shape index (κ2) is 9.14. The highest BCUT2D eigenvalue weighted by Gasteiger charge is 1.98. The van der Waals surface area contributed by atoms with E-state index < -0.39 is 0 Å². The molecule has 0 aromatic rings. The van der Waals surface area contributed by atoms with Gasteiger partial charge in [-0.3, -0.25) is 0 Å². The summed E-state index contributed by atoms with van der Waals surface area (Å²) in [5.41, 5.74) is 10.3. The van der Waals surface area contributed by atoms with Gasteiger partial charge in [0.15, 0.2) is 0 Å². The molecule has 0 fully saturated rings. The molecule has 96 valence electrons. The predicted molar refractivity (Wildman–Crippen MR) is 79.0 cm³/mol. The Morgan fingerprint density at radius 1 is 1.18 bits per heavy atom. The molecule has 0 saturated carbocycles. The van der Waals surface area contributed by atoms with Crippen molar-refractivity contribution in [1.29, 1.82) is 0 Å². The molecule has 17 heavy (non-hydrogen) atoms. The van der Waals surface area contributed by atoms with Crippen molar-refractivity contribution < 1.29 is 5.11 Å². The van der Waals surface area contributed by atoms with Crippen molar-refractivity contribution in [1.82, 2.24) is 0 Å². The van der Waals surface area contributed by atoms with E-state index in [-0.39, 0.29) is 6.61 Å². The Kier molecular flexibility index (Phi) is 8.64. The van der Waals surface area contributed by atoms with Crippen molar-refractivity contribution in [3.8, 4) is 0 Å². The molecule has 0 amide bonds. The SMILES string of the molecule is CC(=CC=S)C(C)=CC(C)=C(N)CCCCO. The van der Waals surface area contributed by atoms with Crippen LogP contribution in [-0.4, -0.2) is 17.1 Å². The summed E-state index contributed by atoms with van der Waals surface area (Å²) >= 11 is 4.79. The van der Waals surface area contributed by atoms with Crippen molar-refractivity contribution in [3.63, 3.8) is 0 Å². The third kappa shape index (κ3) is 7.08. The minimum atomic E-state index is 0.234. The number of rotatable bonds is 7. The molecule has 0 unspecified atom stereocenters. The summed E-state index contributed by atoms with van der Waals surface area (Å²) in [5.74, 6) is 0.